The number of amides is 2. The quantitative estimate of drug-likeness (QED) is 0.556. The maximum Gasteiger partial charge on any atom is 0.234 e. The highest BCUT2D eigenvalue weighted by Crippen LogP contribution is 2.14. The molecule has 0 atom stereocenters. The van der Waals surface area contributed by atoms with E-state index in [1.165, 1.54) is 0 Å². The van der Waals surface area contributed by atoms with Gasteiger partial charge in [0.25, 0.3) is 0 Å². The van der Waals surface area contributed by atoms with Crippen LogP contribution < -0.4 is 10.6 Å². The molecule has 6 heteroatoms. The molecule has 0 aromatic rings. The van der Waals surface area contributed by atoms with Crippen LogP contribution in [0.1, 0.15) is 65.2 Å². The number of piperidine rings is 1. The zero-order chi connectivity index (χ0) is 18.7. The highest BCUT2D eigenvalue weighted by atomic mass is 16.2. The molecule has 0 spiro atoms. The molecule has 1 aliphatic rings. The minimum atomic E-state index is 0.0169. The second-order valence-corrected chi connectivity index (χ2v) is 7.29. The van der Waals surface area contributed by atoms with Crippen LogP contribution in [-0.4, -0.2) is 55.2 Å². The van der Waals surface area contributed by atoms with E-state index < -0.39 is 0 Å². The second kappa shape index (κ2) is 12.0. The molecule has 0 aromatic carbocycles. The van der Waals surface area contributed by atoms with Crippen molar-refractivity contribution in [2.45, 2.75) is 71.3 Å². The van der Waals surface area contributed by atoms with Gasteiger partial charge in [0, 0.05) is 37.9 Å². The normalized spacial score (nSPS) is 15.4. The maximum atomic E-state index is 12.2. The van der Waals surface area contributed by atoms with Crippen molar-refractivity contribution < 1.29 is 14.4 Å². The van der Waals surface area contributed by atoms with Crippen LogP contribution in [0.2, 0.25) is 0 Å². The van der Waals surface area contributed by atoms with Crippen LogP contribution in [0.5, 0.6) is 0 Å². The monoisotopic (exact) mass is 353 g/mol. The Morgan fingerprint density at radius 3 is 2.16 bits per heavy atom. The predicted octanol–water partition coefficient (Wildman–Crippen LogP) is 1.88. The molecule has 1 heterocycles. The van der Waals surface area contributed by atoms with E-state index in [1.807, 2.05) is 18.7 Å². The molecule has 2 amide bonds. The van der Waals surface area contributed by atoms with Crippen LogP contribution in [0.3, 0.4) is 0 Å². The minimum Gasteiger partial charge on any atom is -0.352 e. The van der Waals surface area contributed by atoms with E-state index in [0.29, 0.717) is 25.2 Å². The second-order valence-electron chi connectivity index (χ2n) is 7.29. The predicted molar refractivity (Wildman–Crippen MR) is 99.2 cm³/mol. The number of nitrogens with one attached hydrogen (secondary N) is 2. The summed E-state index contributed by atoms with van der Waals surface area (Å²) in [6.07, 6.45) is 6.78. The Labute approximate surface area is 152 Å². The molecule has 2 N–H and O–H groups in total. The minimum absolute atomic E-state index is 0.0169. The van der Waals surface area contributed by atoms with Gasteiger partial charge in [-0.3, -0.25) is 14.4 Å². The van der Waals surface area contributed by atoms with Crippen molar-refractivity contribution in [1.82, 2.24) is 15.5 Å². The molecule has 0 bridgehead atoms. The SMILES string of the molecule is CNCC(=O)NC1CCN(C(=O)CCCCCCC(=O)C(C)C)CC1. The summed E-state index contributed by atoms with van der Waals surface area (Å²) in [4.78, 5) is 37.2. The number of hydrogen-bond donors (Lipinski definition) is 2. The lowest BCUT2D eigenvalue weighted by atomic mass is 10.0. The van der Waals surface area contributed by atoms with Gasteiger partial charge in [-0.25, -0.2) is 0 Å². The Balaban J connectivity index is 2.09. The fourth-order valence-electron chi connectivity index (χ4n) is 3.09. The van der Waals surface area contributed by atoms with Crippen molar-refractivity contribution in [2.24, 2.45) is 5.92 Å². The number of unbranched alkanes of at least 4 members (excludes halogenated alkanes) is 3. The van der Waals surface area contributed by atoms with E-state index in [9.17, 15) is 14.4 Å². The Bertz CT molecular complexity index is 430. The lowest BCUT2D eigenvalue weighted by Crippen LogP contribution is -2.48. The number of nitrogens with zero attached hydrogens (tertiary/aromatic N) is 1. The van der Waals surface area contributed by atoms with Crippen molar-refractivity contribution in [1.29, 1.82) is 0 Å². The third-order valence-corrected chi connectivity index (χ3v) is 4.76. The number of carbonyl (C=O) groups is 3. The van der Waals surface area contributed by atoms with Gasteiger partial charge in [0.2, 0.25) is 11.8 Å². The zero-order valence-electron chi connectivity index (χ0n) is 16.1. The number of carbonyl (C=O) groups excluding carboxylic acids is 3. The first kappa shape index (κ1) is 21.6. The zero-order valence-corrected chi connectivity index (χ0v) is 16.1. The summed E-state index contributed by atoms with van der Waals surface area (Å²) in [6.45, 7) is 5.67. The Kier molecular flexibility index (Phi) is 10.4. The average Bonchev–Trinajstić information content (AvgIpc) is 2.58. The third-order valence-electron chi connectivity index (χ3n) is 4.76. The van der Waals surface area contributed by atoms with Gasteiger partial charge < -0.3 is 15.5 Å². The Morgan fingerprint density at radius 1 is 1.00 bits per heavy atom. The molecular formula is C19H35N3O3. The summed E-state index contributed by atoms with van der Waals surface area (Å²) in [6, 6.07) is 0.184. The first-order valence-corrected chi connectivity index (χ1v) is 9.68. The van der Waals surface area contributed by atoms with Gasteiger partial charge in [0.05, 0.1) is 6.54 Å². The molecule has 144 valence electrons. The molecule has 1 aliphatic heterocycles. The van der Waals surface area contributed by atoms with E-state index in [1.54, 1.807) is 7.05 Å². The Hall–Kier alpha value is -1.43. The number of hydrogen-bond acceptors (Lipinski definition) is 4. The number of likely N-dealkylation sites (N-methyl/N-ethyl adjacent to an activating group) is 1. The third kappa shape index (κ3) is 9.00. The summed E-state index contributed by atoms with van der Waals surface area (Å²) >= 11 is 0. The summed E-state index contributed by atoms with van der Waals surface area (Å²) in [5.74, 6) is 0.703. The number of ketones is 1. The molecule has 0 unspecified atom stereocenters. The summed E-state index contributed by atoms with van der Waals surface area (Å²) in [5, 5.41) is 5.83. The van der Waals surface area contributed by atoms with Gasteiger partial charge in [-0.1, -0.05) is 26.7 Å². The average molecular weight is 354 g/mol. The van der Waals surface area contributed by atoms with Crippen molar-refractivity contribution in [2.75, 3.05) is 26.7 Å². The van der Waals surface area contributed by atoms with Gasteiger partial charge >= 0.3 is 0 Å². The largest absolute Gasteiger partial charge is 0.352 e. The molecule has 0 aliphatic carbocycles. The van der Waals surface area contributed by atoms with E-state index in [4.69, 9.17) is 0 Å². The van der Waals surface area contributed by atoms with Crippen LogP contribution in [-0.2, 0) is 14.4 Å². The van der Waals surface area contributed by atoms with E-state index in [-0.39, 0.29) is 23.8 Å². The van der Waals surface area contributed by atoms with Crippen molar-refractivity contribution in [3.8, 4) is 0 Å². The smallest absolute Gasteiger partial charge is 0.234 e. The fourth-order valence-corrected chi connectivity index (χ4v) is 3.09. The first-order chi connectivity index (χ1) is 11.9. The maximum absolute atomic E-state index is 12.2. The van der Waals surface area contributed by atoms with Crippen LogP contribution in [0.4, 0.5) is 0 Å². The number of rotatable bonds is 11. The van der Waals surface area contributed by atoms with Crippen molar-refractivity contribution in [3.63, 3.8) is 0 Å². The van der Waals surface area contributed by atoms with E-state index in [0.717, 1.165) is 51.6 Å². The molecule has 0 radical (unpaired) electrons. The molecular weight excluding hydrogens is 318 g/mol. The number of likely N-dealkylation sites (tertiary alicyclic amines) is 1. The fraction of sp³-hybridized carbons (Fsp3) is 0.842. The van der Waals surface area contributed by atoms with E-state index in [2.05, 4.69) is 10.6 Å². The molecule has 1 saturated heterocycles. The van der Waals surface area contributed by atoms with Crippen molar-refractivity contribution in [3.05, 3.63) is 0 Å². The Morgan fingerprint density at radius 2 is 1.60 bits per heavy atom. The first-order valence-electron chi connectivity index (χ1n) is 9.68. The van der Waals surface area contributed by atoms with Gasteiger partial charge in [-0.2, -0.15) is 0 Å². The van der Waals surface area contributed by atoms with Crippen LogP contribution in [0.25, 0.3) is 0 Å². The number of Topliss-reactive ketones (excluding diaryl/α,β-unsaturated/α-hetero) is 1. The highest BCUT2D eigenvalue weighted by molar-refractivity contribution is 5.80. The van der Waals surface area contributed by atoms with Crippen LogP contribution in [0, 0.1) is 5.92 Å². The van der Waals surface area contributed by atoms with Gasteiger partial charge in [0.15, 0.2) is 0 Å². The molecule has 25 heavy (non-hydrogen) atoms. The molecule has 6 nitrogen and oxygen atoms in total. The summed E-state index contributed by atoms with van der Waals surface area (Å²) < 4.78 is 0. The lowest BCUT2D eigenvalue weighted by molar-refractivity contribution is -0.132. The summed E-state index contributed by atoms with van der Waals surface area (Å²) in [7, 11) is 1.75. The molecule has 0 saturated carbocycles. The lowest BCUT2D eigenvalue weighted by Gasteiger charge is -2.32. The van der Waals surface area contributed by atoms with E-state index >= 15 is 0 Å². The van der Waals surface area contributed by atoms with Gasteiger partial charge in [-0.05, 0) is 32.7 Å². The van der Waals surface area contributed by atoms with Crippen molar-refractivity contribution >= 4 is 17.6 Å². The highest BCUT2D eigenvalue weighted by Gasteiger charge is 2.23. The molecule has 1 rings (SSSR count). The standard InChI is InChI=1S/C19H35N3O3/c1-15(2)17(23)8-6-4-5-7-9-19(25)22-12-10-16(11-13-22)21-18(24)14-20-3/h15-16,20H,4-14H2,1-3H3,(H,21,24). The van der Waals surface area contributed by atoms with Crippen LogP contribution >= 0.6 is 0 Å². The molecule has 0 aromatic heterocycles. The van der Waals surface area contributed by atoms with Gasteiger partial charge in [0.1, 0.15) is 5.78 Å². The van der Waals surface area contributed by atoms with Gasteiger partial charge in [-0.15, -0.1) is 0 Å². The molecule has 1 fully saturated rings. The topological polar surface area (TPSA) is 78.5 Å². The van der Waals surface area contributed by atoms with Crippen LogP contribution in [0.15, 0.2) is 0 Å². The summed E-state index contributed by atoms with van der Waals surface area (Å²) in [5.41, 5.74) is 0.